The van der Waals surface area contributed by atoms with Gasteiger partial charge in [-0.1, -0.05) is 18.2 Å². The van der Waals surface area contributed by atoms with E-state index in [0.29, 0.717) is 32.9 Å². The van der Waals surface area contributed by atoms with Crippen LogP contribution in [0.25, 0.3) is 0 Å². The lowest BCUT2D eigenvalue weighted by Gasteiger charge is -2.05. The topological polar surface area (TPSA) is 67.0 Å². The highest BCUT2D eigenvalue weighted by Gasteiger charge is 2.19. The van der Waals surface area contributed by atoms with E-state index >= 15 is 0 Å². The van der Waals surface area contributed by atoms with Gasteiger partial charge in [0, 0.05) is 5.69 Å². The third-order valence-corrected chi connectivity index (χ3v) is 4.53. The zero-order chi connectivity index (χ0) is 17.8. The number of nitrogens with zero attached hydrogens (tertiary/aromatic N) is 2. The number of benzene rings is 2. The number of aryl methyl sites for hydroxylation is 2. The minimum absolute atomic E-state index is 0.222. The molecule has 25 heavy (non-hydrogen) atoms. The molecule has 5 nitrogen and oxygen atoms in total. The molecule has 0 spiro atoms. The monoisotopic (exact) mass is 397 g/mol. The number of rotatable bonds is 4. The maximum absolute atomic E-state index is 12.4. The van der Waals surface area contributed by atoms with Crippen LogP contribution in [0.1, 0.15) is 21.9 Å². The van der Waals surface area contributed by atoms with Crippen LogP contribution in [0.5, 0.6) is 0 Å². The van der Waals surface area contributed by atoms with Crippen LogP contribution in [0.2, 0.25) is 0 Å². The van der Waals surface area contributed by atoms with Crippen LogP contribution >= 0.6 is 15.9 Å². The number of halogens is 1. The van der Waals surface area contributed by atoms with Crippen LogP contribution in [0.4, 0.5) is 17.1 Å². The van der Waals surface area contributed by atoms with Crippen molar-refractivity contribution in [1.29, 1.82) is 0 Å². The summed E-state index contributed by atoms with van der Waals surface area (Å²) < 4.78 is 6.14. The molecule has 0 atom stereocenters. The van der Waals surface area contributed by atoms with E-state index in [0.717, 1.165) is 5.69 Å². The van der Waals surface area contributed by atoms with Gasteiger partial charge < -0.3 is 9.73 Å². The molecule has 0 aliphatic heterocycles. The van der Waals surface area contributed by atoms with Gasteiger partial charge in [0.1, 0.15) is 11.5 Å². The largest absolute Gasteiger partial charge is 0.465 e. The van der Waals surface area contributed by atoms with Crippen molar-refractivity contribution in [2.45, 2.75) is 13.8 Å². The van der Waals surface area contributed by atoms with Crippen molar-refractivity contribution in [2.75, 3.05) is 5.32 Å². The van der Waals surface area contributed by atoms with E-state index in [2.05, 4.69) is 31.5 Å². The predicted molar refractivity (Wildman–Crippen MR) is 101 cm³/mol. The van der Waals surface area contributed by atoms with Crippen LogP contribution in [-0.2, 0) is 0 Å². The van der Waals surface area contributed by atoms with Crippen molar-refractivity contribution in [2.24, 2.45) is 10.2 Å². The molecule has 0 unspecified atom stereocenters. The van der Waals surface area contributed by atoms with Crippen LogP contribution in [0.15, 0.2) is 73.7 Å². The van der Waals surface area contributed by atoms with Crippen molar-refractivity contribution in [3.63, 3.8) is 0 Å². The number of hydrogen-bond acceptors (Lipinski definition) is 4. The van der Waals surface area contributed by atoms with Gasteiger partial charge >= 0.3 is 0 Å². The molecule has 3 aromatic rings. The molecule has 1 amide bonds. The van der Waals surface area contributed by atoms with E-state index in [-0.39, 0.29) is 5.91 Å². The van der Waals surface area contributed by atoms with Gasteiger partial charge in [-0.15, -0.1) is 0 Å². The van der Waals surface area contributed by atoms with Crippen LogP contribution < -0.4 is 5.32 Å². The van der Waals surface area contributed by atoms with Gasteiger partial charge in [-0.2, -0.15) is 10.2 Å². The maximum Gasteiger partial charge on any atom is 0.260 e. The Kier molecular flexibility index (Phi) is 5.09. The molecular formula is C19H16BrN3O2. The molecule has 0 bridgehead atoms. The van der Waals surface area contributed by atoms with Gasteiger partial charge in [0.15, 0.2) is 0 Å². The molecule has 0 saturated heterocycles. The Morgan fingerprint density at radius 1 is 0.920 bits per heavy atom. The highest BCUT2D eigenvalue weighted by atomic mass is 79.9. The predicted octanol–water partition coefficient (Wildman–Crippen LogP) is 6.33. The SMILES string of the molecule is Cc1oc(C)c(C(=O)Nc2ccc(N=Nc3ccccc3)cc2)c1Br. The number of anilines is 1. The Balaban J connectivity index is 1.70. The molecule has 0 saturated carbocycles. The van der Waals surface area contributed by atoms with E-state index in [9.17, 15) is 4.79 Å². The molecule has 0 aliphatic carbocycles. The Morgan fingerprint density at radius 2 is 1.52 bits per heavy atom. The van der Waals surface area contributed by atoms with E-state index in [1.807, 2.05) is 30.3 Å². The maximum atomic E-state index is 12.4. The van der Waals surface area contributed by atoms with Gasteiger partial charge in [-0.3, -0.25) is 4.79 Å². The highest BCUT2D eigenvalue weighted by Crippen LogP contribution is 2.28. The lowest BCUT2D eigenvalue weighted by Crippen LogP contribution is -2.12. The Labute approximate surface area is 153 Å². The number of hydrogen-bond donors (Lipinski definition) is 1. The number of furan rings is 1. The van der Waals surface area contributed by atoms with Crippen molar-refractivity contribution in [3.8, 4) is 0 Å². The molecular weight excluding hydrogens is 382 g/mol. The number of azo groups is 1. The second-order valence-electron chi connectivity index (χ2n) is 5.44. The second-order valence-corrected chi connectivity index (χ2v) is 6.23. The molecule has 2 aromatic carbocycles. The summed E-state index contributed by atoms with van der Waals surface area (Å²) in [4.78, 5) is 12.4. The summed E-state index contributed by atoms with van der Waals surface area (Å²) in [5.74, 6) is 1.04. The first-order valence-electron chi connectivity index (χ1n) is 7.68. The quantitative estimate of drug-likeness (QED) is 0.522. The summed E-state index contributed by atoms with van der Waals surface area (Å²) in [5, 5.41) is 11.2. The molecule has 6 heteroatoms. The van der Waals surface area contributed by atoms with E-state index in [1.54, 1.807) is 38.1 Å². The van der Waals surface area contributed by atoms with Crippen molar-refractivity contribution in [1.82, 2.24) is 0 Å². The standard InChI is InChI=1S/C19H16BrN3O2/c1-12-17(18(20)13(2)25-12)19(24)21-14-8-10-16(11-9-14)23-22-15-6-4-3-5-7-15/h3-11H,1-2H3,(H,21,24). The summed E-state index contributed by atoms with van der Waals surface area (Å²) in [5.41, 5.74) is 2.67. The first-order chi connectivity index (χ1) is 12.0. The minimum Gasteiger partial charge on any atom is -0.465 e. The Hall–Kier alpha value is -2.73. The molecule has 3 rings (SSSR count). The summed E-state index contributed by atoms with van der Waals surface area (Å²) in [6.07, 6.45) is 0. The minimum atomic E-state index is -0.222. The van der Waals surface area contributed by atoms with E-state index < -0.39 is 0 Å². The summed E-state index contributed by atoms with van der Waals surface area (Å²) in [6, 6.07) is 16.7. The molecule has 1 N–H and O–H groups in total. The van der Waals surface area contributed by atoms with Crippen molar-refractivity contribution < 1.29 is 9.21 Å². The molecule has 1 aromatic heterocycles. The summed E-state index contributed by atoms with van der Waals surface area (Å²) >= 11 is 3.39. The zero-order valence-corrected chi connectivity index (χ0v) is 15.4. The van der Waals surface area contributed by atoms with Crippen LogP contribution in [-0.4, -0.2) is 5.91 Å². The average Bonchev–Trinajstić information content (AvgIpc) is 2.87. The van der Waals surface area contributed by atoms with Gasteiger partial charge in [0.2, 0.25) is 0 Å². The molecule has 0 fully saturated rings. The molecule has 0 radical (unpaired) electrons. The van der Waals surface area contributed by atoms with Gasteiger partial charge in [-0.05, 0) is 66.2 Å². The molecule has 0 aliphatic rings. The zero-order valence-electron chi connectivity index (χ0n) is 13.8. The lowest BCUT2D eigenvalue weighted by molar-refractivity contribution is 0.102. The van der Waals surface area contributed by atoms with Gasteiger partial charge in [-0.25, -0.2) is 0 Å². The fourth-order valence-electron chi connectivity index (χ4n) is 2.33. The molecule has 1 heterocycles. The Bertz CT molecular complexity index is 916. The third kappa shape index (κ3) is 4.03. The van der Waals surface area contributed by atoms with E-state index in [4.69, 9.17) is 4.42 Å². The molecule has 126 valence electrons. The summed E-state index contributed by atoms with van der Waals surface area (Å²) in [7, 11) is 0. The normalized spacial score (nSPS) is 11.0. The Morgan fingerprint density at radius 3 is 2.08 bits per heavy atom. The van der Waals surface area contributed by atoms with E-state index in [1.165, 1.54) is 0 Å². The number of nitrogens with one attached hydrogen (secondary N) is 1. The van der Waals surface area contributed by atoms with Gasteiger partial charge in [0.25, 0.3) is 5.91 Å². The number of carbonyl (C=O) groups excluding carboxylic acids is 1. The summed E-state index contributed by atoms with van der Waals surface area (Å²) in [6.45, 7) is 3.57. The number of carbonyl (C=O) groups is 1. The van der Waals surface area contributed by atoms with Crippen molar-refractivity contribution in [3.05, 3.63) is 76.2 Å². The van der Waals surface area contributed by atoms with Crippen molar-refractivity contribution >= 4 is 38.9 Å². The second kappa shape index (κ2) is 7.44. The first-order valence-corrected chi connectivity index (χ1v) is 8.47. The average molecular weight is 398 g/mol. The van der Waals surface area contributed by atoms with Crippen LogP contribution in [0.3, 0.4) is 0 Å². The number of amides is 1. The lowest BCUT2D eigenvalue weighted by atomic mass is 10.2. The fourth-order valence-corrected chi connectivity index (χ4v) is 2.87. The first kappa shape index (κ1) is 17.1. The van der Waals surface area contributed by atoms with Crippen LogP contribution in [0, 0.1) is 13.8 Å². The smallest absolute Gasteiger partial charge is 0.260 e. The third-order valence-electron chi connectivity index (χ3n) is 3.58. The fraction of sp³-hybridized carbons (Fsp3) is 0.105. The highest BCUT2D eigenvalue weighted by molar-refractivity contribution is 9.10. The van der Waals surface area contributed by atoms with Gasteiger partial charge in [0.05, 0.1) is 21.4 Å².